The molecule has 1 heterocycles. The van der Waals surface area contributed by atoms with Crippen molar-refractivity contribution in [2.24, 2.45) is 5.92 Å². The summed E-state index contributed by atoms with van der Waals surface area (Å²) in [4.78, 5) is 37.3. The summed E-state index contributed by atoms with van der Waals surface area (Å²) >= 11 is 5.85. The molecule has 0 aliphatic carbocycles. The number of nitrogens with one attached hydrogen (secondary N) is 3. The van der Waals surface area contributed by atoms with Crippen LogP contribution in [0.3, 0.4) is 0 Å². The first-order chi connectivity index (χ1) is 14.8. The van der Waals surface area contributed by atoms with Crippen LogP contribution in [0.4, 0.5) is 11.4 Å². The van der Waals surface area contributed by atoms with Gasteiger partial charge in [-0.05, 0) is 66.6 Å². The number of hydrogen-bond acceptors (Lipinski definition) is 4. The largest absolute Gasteiger partial charge is 0.459 e. The van der Waals surface area contributed by atoms with Crippen molar-refractivity contribution in [1.82, 2.24) is 5.32 Å². The molecule has 3 rings (SSSR count). The minimum absolute atomic E-state index is 0.136. The summed E-state index contributed by atoms with van der Waals surface area (Å²) in [7, 11) is 0. The minimum atomic E-state index is -0.735. The van der Waals surface area contributed by atoms with E-state index in [1.807, 2.05) is 13.8 Å². The molecule has 7 nitrogen and oxygen atoms in total. The van der Waals surface area contributed by atoms with Gasteiger partial charge in [0.15, 0.2) is 5.76 Å². The van der Waals surface area contributed by atoms with Crippen molar-refractivity contribution in [1.29, 1.82) is 0 Å². The molecular formula is C23H22ClN3O4. The second-order valence-electron chi connectivity index (χ2n) is 7.20. The van der Waals surface area contributed by atoms with Gasteiger partial charge in [0.05, 0.1) is 6.26 Å². The van der Waals surface area contributed by atoms with Crippen LogP contribution in [0, 0.1) is 5.92 Å². The first-order valence-corrected chi connectivity index (χ1v) is 10.0. The molecule has 8 heteroatoms. The predicted molar refractivity (Wildman–Crippen MR) is 119 cm³/mol. The Labute approximate surface area is 184 Å². The standard InChI is InChI=1S/C23H22ClN3O4/c1-14(2)20(27-21(28)15-5-7-16(24)8-6-15)23(30)26-18-11-9-17(10-12-18)25-22(29)19-4-3-13-31-19/h3-14,20H,1-2H3,(H,25,29)(H,26,30)(H,27,28). The number of furan rings is 1. The molecule has 3 amide bonds. The van der Waals surface area contributed by atoms with E-state index in [4.69, 9.17) is 16.0 Å². The number of carbonyl (C=O) groups is 3. The first kappa shape index (κ1) is 22.1. The van der Waals surface area contributed by atoms with E-state index in [0.29, 0.717) is 22.0 Å². The van der Waals surface area contributed by atoms with Gasteiger partial charge in [0, 0.05) is 22.0 Å². The van der Waals surface area contributed by atoms with Crippen LogP contribution in [0.2, 0.25) is 5.02 Å². The topological polar surface area (TPSA) is 100 Å². The Bertz CT molecular complexity index is 1050. The molecule has 0 fully saturated rings. The van der Waals surface area contributed by atoms with Crippen LogP contribution in [0.15, 0.2) is 71.3 Å². The fourth-order valence-electron chi connectivity index (χ4n) is 2.82. The molecule has 0 spiro atoms. The zero-order valence-electron chi connectivity index (χ0n) is 17.0. The maximum atomic E-state index is 12.8. The van der Waals surface area contributed by atoms with Crippen LogP contribution >= 0.6 is 11.6 Å². The third-order valence-electron chi connectivity index (χ3n) is 4.50. The van der Waals surface area contributed by atoms with E-state index in [2.05, 4.69) is 16.0 Å². The van der Waals surface area contributed by atoms with Crippen molar-refractivity contribution in [2.45, 2.75) is 19.9 Å². The number of carbonyl (C=O) groups excluding carboxylic acids is 3. The Morgan fingerprint density at radius 1 is 0.839 bits per heavy atom. The number of amides is 3. The van der Waals surface area contributed by atoms with Crippen LogP contribution in [0.25, 0.3) is 0 Å². The number of hydrogen-bond donors (Lipinski definition) is 3. The van der Waals surface area contributed by atoms with Gasteiger partial charge in [-0.15, -0.1) is 0 Å². The van der Waals surface area contributed by atoms with Gasteiger partial charge < -0.3 is 20.4 Å². The van der Waals surface area contributed by atoms with Gasteiger partial charge in [0.2, 0.25) is 5.91 Å². The summed E-state index contributed by atoms with van der Waals surface area (Å²) in [6.45, 7) is 3.69. The second-order valence-corrected chi connectivity index (χ2v) is 7.64. The highest BCUT2D eigenvalue weighted by Crippen LogP contribution is 2.16. The Kier molecular flexibility index (Phi) is 7.10. The fraction of sp³-hybridized carbons (Fsp3) is 0.174. The maximum absolute atomic E-state index is 12.8. The van der Waals surface area contributed by atoms with Crippen LogP contribution in [-0.4, -0.2) is 23.8 Å². The van der Waals surface area contributed by atoms with E-state index in [-0.39, 0.29) is 29.4 Å². The van der Waals surface area contributed by atoms with E-state index in [9.17, 15) is 14.4 Å². The smallest absolute Gasteiger partial charge is 0.291 e. The average Bonchev–Trinajstić information content (AvgIpc) is 3.28. The molecule has 160 valence electrons. The Hall–Kier alpha value is -3.58. The van der Waals surface area contributed by atoms with Crippen molar-refractivity contribution in [3.05, 3.63) is 83.3 Å². The molecular weight excluding hydrogens is 418 g/mol. The lowest BCUT2D eigenvalue weighted by atomic mass is 10.0. The molecule has 0 aliphatic heterocycles. The van der Waals surface area contributed by atoms with Gasteiger partial charge in [-0.2, -0.15) is 0 Å². The molecule has 0 bridgehead atoms. The highest BCUT2D eigenvalue weighted by molar-refractivity contribution is 6.30. The third kappa shape index (κ3) is 5.96. The van der Waals surface area contributed by atoms with Crippen molar-refractivity contribution >= 4 is 40.7 Å². The highest BCUT2D eigenvalue weighted by atomic mass is 35.5. The highest BCUT2D eigenvalue weighted by Gasteiger charge is 2.25. The van der Waals surface area contributed by atoms with Crippen LogP contribution in [0.5, 0.6) is 0 Å². The minimum Gasteiger partial charge on any atom is -0.459 e. The predicted octanol–water partition coefficient (Wildman–Crippen LogP) is 4.58. The van der Waals surface area contributed by atoms with Gasteiger partial charge in [0.25, 0.3) is 11.8 Å². The SMILES string of the molecule is CC(C)C(NC(=O)c1ccc(Cl)cc1)C(=O)Nc1ccc(NC(=O)c2ccco2)cc1. The number of halogens is 1. The van der Waals surface area contributed by atoms with Crippen LogP contribution in [0.1, 0.15) is 34.8 Å². The van der Waals surface area contributed by atoms with Crippen LogP contribution < -0.4 is 16.0 Å². The summed E-state index contributed by atoms with van der Waals surface area (Å²) in [5.41, 5.74) is 1.50. The van der Waals surface area contributed by atoms with Crippen molar-refractivity contribution in [3.63, 3.8) is 0 Å². The van der Waals surface area contributed by atoms with E-state index >= 15 is 0 Å². The van der Waals surface area contributed by atoms with Crippen molar-refractivity contribution in [2.75, 3.05) is 10.6 Å². The number of anilines is 2. The normalized spacial score (nSPS) is 11.6. The van der Waals surface area contributed by atoms with Gasteiger partial charge in [0.1, 0.15) is 6.04 Å². The lowest BCUT2D eigenvalue weighted by Gasteiger charge is -2.22. The van der Waals surface area contributed by atoms with Crippen molar-refractivity contribution < 1.29 is 18.8 Å². The first-order valence-electron chi connectivity index (χ1n) is 9.65. The van der Waals surface area contributed by atoms with Gasteiger partial charge in [-0.1, -0.05) is 25.4 Å². The second kappa shape index (κ2) is 9.95. The molecule has 0 saturated carbocycles. The van der Waals surface area contributed by atoms with Gasteiger partial charge in [-0.25, -0.2) is 0 Å². The van der Waals surface area contributed by atoms with Crippen LogP contribution in [-0.2, 0) is 4.79 Å². The zero-order chi connectivity index (χ0) is 22.4. The van der Waals surface area contributed by atoms with Gasteiger partial charge in [-0.3, -0.25) is 14.4 Å². The fourth-order valence-corrected chi connectivity index (χ4v) is 2.94. The zero-order valence-corrected chi connectivity index (χ0v) is 17.8. The Balaban J connectivity index is 1.61. The summed E-state index contributed by atoms with van der Waals surface area (Å²) < 4.78 is 5.05. The molecule has 1 atom stereocenters. The summed E-state index contributed by atoms with van der Waals surface area (Å²) in [5.74, 6) is -1.01. The Morgan fingerprint density at radius 3 is 2.00 bits per heavy atom. The molecule has 1 aromatic heterocycles. The molecule has 0 aliphatic rings. The summed E-state index contributed by atoms with van der Waals surface area (Å²) in [6.07, 6.45) is 1.42. The summed E-state index contributed by atoms with van der Waals surface area (Å²) in [5, 5.41) is 8.78. The lowest BCUT2D eigenvalue weighted by Crippen LogP contribution is -2.47. The van der Waals surface area contributed by atoms with E-state index in [1.165, 1.54) is 6.26 Å². The van der Waals surface area contributed by atoms with E-state index < -0.39 is 6.04 Å². The molecule has 0 saturated heterocycles. The molecule has 2 aromatic carbocycles. The summed E-state index contributed by atoms with van der Waals surface area (Å²) in [6, 6.07) is 15.5. The van der Waals surface area contributed by atoms with E-state index in [1.54, 1.807) is 60.7 Å². The number of benzene rings is 2. The van der Waals surface area contributed by atoms with Crippen molar-refractivity contribution in [3.8, 4) is 0 Å². The molecule has 1 unspecified atom stereocenters. The monoisotopic (exact) mass is 439 g/mol. The Morgan fingerprint density at radius 2 is 1.45 bits per heavy atom. The molecule has 0 radical (unpaired) electrons. The molecule has 3 N–H and O–H groups in total. The third-order valence-corrected chi connectivity index (χ3v) is 4.75. The molecule has 3 aromatic rings. The number of rotatable bonds is 7. The lowest BCUT2D eigenvalue weighted by molar-refractivity contribution is -0.118. The average molecular weight is 440 g/mol. The quantitative estimate of drug-likeness (QED) is 0.501. The van der Waals surface area contributed by atoms with Gasteiger partial charge >= 0.3 is 0 Å². The van der Waals surface area contributed by atoms with E-state index in [0.717, 1.165) is 0 Å². The maximum Gasteiger partial charge on any atom is 0.291 e. The molecule has 31 heavy (non-hydrogen) atoms.